The van der Waals surface area contributed by atoms with Crippen molar-refractivity contribution in [3.05, 3.63) is 71.9 Å². The third-order valence-corrected chi connectivity index (χ3v) is 4.58. The van der Waals surface area contributed by atoms with Gasteiger partial charge in [-0.15, -0.1) is 12.6 Å². The SMILES string of the molecule is CC(CCC(=O)c1ccnc2c(S)cccc12)c1ccccc1. The van der Waals surface area contributed by atoms with Crippen molar-refractivity contribution in [1.82, 2.24) is 4.98 Å². The van der Waals surface area contributed by atoms with Crippen LogP contribution in [0.1, 0.15) is 41.6 Å². The van der Waals surface area contributed by atoms with Crippen molar-refractivity contribution in [3.8, 4) is 0 Å². The van der Waals surface area contributed by atoms with Crippen molar-refractivity contribution in [2.75, 3.05) is 0 Å². The Kier molecular flexibility index (Phi) is 4.77. The summed E-state index contributed by atoms with van der Waals surface area (Å²) in [5.74, 6) is 0.535. The molecule has 0 radical (unpaired) electrons. The Morgan fingerprint density at radius 1 is 1.09 bits per heavy atom. The lowest BCUT2D eigenvalue weighted by molar-refractivity contribution is 0.0979. The zero-order valence-electron chi connectivity index (χ0n) is 13.1. The van der Waals surface area contributed by atoms with E-state index in [0.717, 1.165) is 27.8 Å². The highest BCUT2D eigenvalue weighted by atomic mass is 32.1. The van der Waals surface area contributed by atoms with Crippen LogP contribution in [0.15, 0.2) is 65.7 Å². The zero-order chi connectivity index (χ0) is 16.2. The number of pyridine rings is 1. The number of ketones is 1. The summed E-state index contributed by atoms with van der Waals surface area (Å²) >= 11 is 4.42. The number of hydrogen-bond acceptors (Lipinski definition) is 3. The van der Waals surface area contributed by atoms with Gasteiger partial charge in [0.2, 0.25) is 0 Å². The van der Waals surface area contributed by atoms with E-state index in [9.17, 15) is 4.79 Å². The Labute approximate surface area is 142 Å². The Morgan fingerprint density at radius 2 is 1.87 bits per heavy atom. The smallest absolute Gasteiger partial charge is 0.163 e. The highest BCUT2D eigenvalue weighted by Gasteiger charge is 2.14. The highest BCUT2D eigenvalue weighted by molar-refractivity contribution is 7.80. The molecular formula is C20H19NOS. The van der Waals surface area contributed by atoms with E-state index in [0.29, 0.717) is 12.3 Å². The topological polar surface area (TPSA) is 30.0 Å². The van der Waals surface area contributed by atoms with Gasteiger partial charge in [0, 0.05) is 28.5 Å². The first kappa shape index (κ1) is 15.8. The van der Waals surface area contributed by atoms with Gasteiger partial charge in [0.1, 0.15) is 0 Å². The second kappa shape index (κ2) is 6.97. The summed E-state index contributed by atoms with van der Waals surface area (Å²) in [6, 6.07) is 17.9. The molecule has 1 heterocycles. The maximum atomic E-state index is 12.7. The number of carbonyl (C=O) groups is 1. The fraction of sp³-hybridized carbons (Fsp3) is 0.200. The van der Waals surface area contributed by atoms with Crippen LogP contribution >= 0.6 is 12.6 Å². The molecular weight excluding hydrogens is 302 g/mol. The fourth-order valence-electron chi connectivity index (χ4n) is 2.83. The number of rotatable bonds is 5. The predicted octanol–water partition coefficient (Wildman–Crippen LogP) is 5.29. The molecule has 2 aromatic carbocycles. The molecule has 1 unspecified atom stereocenters. The molecule has 116 valence electrons. The first-order valence-electron chi connectivity index (χ1n) is 7.81. The molecule has 0 aliphatic rings. The first-order valence-corrected chi connectivity index (χ1v) is 8.26. The first-order chi connectivity index (χ1) is 11.2. The van der Waals surface area contributed by atoms with Crippen molar-refractivity contribution < 1.29 is 4.79 Å². The van der Waals surface area contributed by atoms with E-state index in [4.69, 9.17) is 0 Å². The fourth-order valence-corrected chi connectivity index (χ4v) is 3.10. The van der Waals surface area contributed by atoms with E-state index in [-0.39, 0.29) is 5.78 Å². The number of fused-ring (bicyclic) bond motifs is 1. The summed E-state index contributed by atoms with van der Waals surface area (Å²) < 4.78 is 0. The summed E-state index contributed by atoms with van der Waals surface area (Å²) in [6.45, 7) is 2.17. The lowest BCUT2D eigenvalue weighted by Crippen LogP contribution is -2.04. The van der Waals surface area contributed by atoms with Gasteiger partial charge in [-0.25, -0.2) is 0 Å². The van der Waals surface area contributed by atoms with Crippen LogP contribution in [0.5, 0.6) is 0 Å². The molecule has 0 saturated heterocycles. The van der Waals surface area contributed by atoms with Gasteiger partial charge in [-0.05, 0) is 30.0 Å². The summed E-state index contributed by atoms with van der Waals surface area (Å²) in [7, 11) is 0. The van der Waals surface area contributed by atoms with Crippen LogP contribution in [0.3, 0.4) is 0 Å². The van der Waals surface area contributed by atoms with E-state index in [1.54, 1.807) is 6.20 Å². The third kappa shape index (κ3) is 3.45. The Hall–Kier alpha value is -2.13. The number of Topliss-reactive ketones (excluding diaryl/α,β-unsaturated/α-hetero) is 1. The molecule has 0 aliphatic heterocycles. The number of para-hydroxylation sites is 1. The molecule has 1 aromatic heterocycles. The quantitative estimate of drug-likeness (QED) is 0.511. The van der Waals surface area contributed by atoms with Crippen molar-refractivity contribution in [1.29, 1.82) is 0 Å². The number of benzene rings is 2. The normalized spacial score (nSPS) is 12.3. The van der Waals surface area contributed by atoms with Gasteiger partial charge < -0.3 is 0 Å². The molecule has 0 aliphatic carbocycles. The predicted molar refractivity (Wildman–Crippen MR) is 97.4 cm³/mol. The average Bonchev–Trinajstić information content (AvgIpc) is 2.60. The highest BCUT2D eigenvalue weighted by Crippen LogP contribution is 2.26. The molecule has 0 saturated carbocycles. The van der Waals surface area contributed by atoms with Gasteiger partial charge in [0.25, 0.3) is 0 Å². The number of aromatic nitrogens is 1. The summed E-state index contributed by atoms with van der Waals surface area (Å²) in [6.07, 6.45) is 3.06. The molecule has 0 fully saturated rings. The molecule has 0 spiro atoms. The molecule has 0 amide bonds. The number of hydrogen-bond donors (Lipinski definition) is 1. The molecule has 3 heteroatoms. The molecule has 0 N–H and O–H groups in total. The van der Waals surface area contributed by atoms with Gasteiger partial charge in [0.15, 0.2) is 5.78 Å². The van der Waals surface area contributed by atoms with Crippen LogP contribution in [0.2, 0.25) is 0 Å². The monoisotopic (exact) mass is 321 g/mol. The lowest BCUT2D eigenvalue weighted by atomic mass is 9.93. The minimum atomic E-state index is 0.166. The van der Waals surface area contributed by atoms with Gasteiger partial charge in [0.05, 0.1) is 5.52 Å². The second-order valence-corrected chi connectivity index (χ2v) is 6.29. The molecule has 3 aromatic rings. The van der Waals surface area contributed by atoms with Gasteiger partial charge in [-0.2, -0.15) is 0 Å². The minimum absolute atomic E-state index is 0.166. The summed E-state index contributed by atoms with van der Waals surface area (Å²) in [4.78, 5) is 17.8. The largest absolute Gasteiger partial charge is 0.294 e. The Balaban J connectivity index is 1.78. The van der Waals surface area contributed by atoms with Crippen LogP contribution in [-0.4, -0.2) is 10.8 Å². The van der Waals surface area contributed by atoms with Crippen molar-refractivity contribution >= 4 is 29.3 Å². The van der Waals surface area contributed by atoms with Gasteiger partial charge >= 0.3 is 0 Å². The number of thiol groups is 1. The molecule has 3 rings (SSSR count). The van der Waals surface area contributed by atoms with Crippen molar-refractivity contribution in [3.63, 3.8) is 0 Å². The van der Waals surface area contributed by atoms with Crippen LogP contribution in [0, 0.1) is 0 Å². The van der Waals surface area contributed by atoms with Crippen molar-refractivity contribution in [2.24, 2.45) is 0 Å². The Morgan fingerprint density at radius 3 is 2.65 bits per heavy atom. The lowest BCUT2D eigenvalue weighted by Gasteiger charge is -2.12. The van der Waals surface area contributed by atoms with Gasteiger partial charge in [-0.1, -0.05) is 49.4 Å². The zero-order valence-corrected chi connectivity index (χ0v) is 14.0. The summed E-state index contributed by atoms with van der Waals surface area (Å²) in [5.41, 5.74) is 2.81. The minimum Gasteiger partial charge on any atom is -0.294 e. The van der Waals surface area contributed by atoms with Crippen molar-refractivity contribution in [2.45, 2.75) is 30.6 Å². The van der Waals surface area contributed by atoms with Crippen LogP contribution in [0.4, 0.5) is 0 Å². The number of carbonyl (C=O) groups excluding carboxylic acids is 1. The second-order valence-electron chi connectivity index (χ2n) is 5.81. The number of nitrogens with zero attached hydrogens (tertiary/aromatic N) is 1. The van der Waals surface area contributed by atoms with E-state index < -0.39 is 0 Å². The van der Waals surface area contributed by atoms with Crippen LogP contribution < -0.4 is 0 Å². The standard InChI is InChI=1S/C20H19NOS/c1-14(15-6-3-2-4-7-15)10-11-18(22)16-12-13-21-20-17(16)8-5-9-19(20)23/h2-9,12-14,23H,10-11H2,1H3. The molecule has 1 atom stereocenters. The average molecular weight is 321 g/mol. The maximum absolute atomic E-state index is 12.7. The van der Waals surface area contributed by atoms with E-state index >= 15 is 0 Å². The third-order valence-electron chi connectivity index (χ3n) is 4.22. The van der Waals surface area contributed by atoms with E-state index in [2.05, 4.69) is 36.7 Å². The maximum Gasteiger partial charge on any atom is 0.163 e. The van der Waals surface area contributed by atoms with Gasteiger partial charge in [-0.3, -0.25) is 9.78 Å². The molecule has 0 bridgehead atoms. The molecule has 2 nitrogen and oxygen atoms in total. The van der Waals surface area contributed by atoms with E-state index in [1.165, 1.54) is 5.56 Å². The molecule has 23 heavy (non-hydrogen) atoms. The Bertz CT molecular complexity index is 829. The summed E-state index contributed by atoms with van der Waals surface area (Å²) in [5, 5.41) is 0.886. The van der Waals surface area contributed by atoms with E-state index in [1.807, 2.05) is 42.5 Å². The van der Waals surface area contributed by atoms with Crippen LogP contribution in [0.25, 0.3) is 10.9 Å². The van der Waals surface area contributed by atoms with Crippen LogP contribution in [-0.2, 0) is 0 Å².